The molecule has 0 spiro atoms. The predicted octanol–water partition coefficient (Wildman–Crippen LogP) is 3.86. The fraction of sp³-hybridized carbons (Fsp3) is 0.550. The van der Waals surface area contributed by atoms with Crippen molar-refractivity contribution < 1.29 is 42.1 Å². The first-order valence-electron chi connectivity index (χ1n) is 9.35. The van der Waals surface area contributed by atoms with E-state index < -0.39 is 47.9 Å². The number of esters is 1. The molecule has 0 aliphatic carbocycles. The van der Waals surface area contributed by atoms with Gasteiger partial charge in [0.05, 0.1) is 17.4 Å². The van der Waals surface area contributed by atoms with E-state index in [2.05, 4.69) is 5.32 Å². The molecular formula is C20H26F3NO6. The monoisotopic (exact) mass is 433 g/mol. The molecule has 2 N–H and O–H groups in total. The Bertz CT molecular complexity index is 748. The second kappa shape index (κ2) is 10.8. The third-order valence-corrected chi connectivity index (χ3v) is 4.05. The van der Waals surface area contributed by atoms with Crippen LogP contribution in [0.5, 0.6) is 0 Å². The summed E-state index contributed by atoms with van der Waals surface area (Å²) in [7, 11) is 0. The average molecular weight is 433 g/mol. The molecule has 30 heavy (non-hydrogen) atoms. The second-order valence-electron chi connectivity index (χ2n) is 7.43. The van der Waals surface area contributed by atoms with Gasteiger partial charge in [0.15, 0.2) is 0 Å². The molecule has 0 heterocycles. The Balaban J connectivity index is 2.73. The lowest BCUT2D eigenvalue weighted by Gasteiger charge is -2.23. The number of carboxylic acid groups (broad SMARTS) is 1. The van der Waals surface area contributed by atoms with Crippen molar-refractivity contribution in [3.05, 3.63) is 35.4 Å². The van der Waals surface area contributed by atoms with Gasteiger partial charge in [0.1, 0.15) is 0 Å². The number of ether oxygens (including phenoxy) is 2. The van der Waals surface area contributed by atoms with Crippen molar-refractivity contribution in [3.8, 4) is 0 Å². The number of alkyl carbamates (subject to hydrolysis) is 1. The second-order valence-corrected chi connectivity index (χ2v) is 7.43. The van der Waals surface area contributed by atoms with Crippen LogP contribution in [0.1, 0.15) is 38.8 Å². The number of amides is 1. The molecule has 0 saturated heterocycles. The van der Waals surface area contributed by atoms with Gasteiger partial charge in [-0.05, 0) is 18.1 Å². The highest BCUT2D eigenvalue weighted by atomic mass is 19.4. The van der Waals surface area contributed by atoms with E-state index in [-0.39, 0.29) is 24.4 Å². The first kappa shape index (κ1) is 25.3. The van der Waals surface area contributed by atoms with Gasteiger partial charge in [-0.25, -0.2) is 4.79 Å². The van der Waals surface area contributed by atoms with Crippen molar-refractivity contribution >= 4 is 18.0 Å². The van der Waals surface area contributed by atoms with Crippen LogP contribution in [0.4, 0.5) is 18.0 Å². The topological polar surface area (TPSA) is 102 Å². The summed E-state index contributed by atoms with van der Waals surface area (Å²) >= 11 is 0. The number of rotatable bonds is 9. The van der Waals surface area contributed by atoms with Crippen LogP contribution in [0, 0.1) is 17.8 Å². The number of hydrogen-bond acceptors (Lipinski definition) is 5. The lowest BCUT2D eigenvalue weighted by Crippen LogP contribution is -2.39. The zero-order valence-corrected chi connectivity index (χ0v) is 17.2. The van der Waals surface area contributed by atoms with Gasteiger partial charge in [-0.1, -0.05) is 45.9 Å². The number of carbonyl (C=O) groups is 3. The number of hydrogen-bond donors (Lipinski definition) is 2. The zero-order chi connectivity index (χ0) is 23.1. The van der Waals surface area contributed by atoms with Gasteiger partial charge in [-0.15, -0.1) is 0 Å². The van der Waals surface area contributed by atoms with E-state index in [0.717, 1.165) is 12.1 Å². The normalized spacial score (nSPS) is 13.6. The molecule has 1 rings (SSSR count). The summed E-state index contributed by atoms with van der Waals surface area (Å²) in [6, 6.07) is 4.33. The SMILES string of the molecule is CC(C)C(=O)O[C@H](OC(=O)NC[C@H](Cc1cccc(C(F)(F)F)c1)C(=O)O)C(C)C. The maximum atomic E-state index is 12.8. The van der Waals surface area contributed by atoms with Crippen molar-refractivity contribution in [2.24, 2.45) is 17.8 Å². The smallest absolute Gasteiger partial charge is 0.416 e. The lowest BCUT2D eigenvalue weighted by atomic mass is 9.98. The first-order valence-corrected chi connectivity index (χ1v) is 9.35. The molecule has 1 amide bonds. The van der Waals surface area contributed by atoms with Crippen LogP contribution < -0.4 is 5.32 Å². The summed E-state index contributed by atoms with van der Waals surface area (Å²) in [5.74, 6) is -3.81. The zero-order valence-electron chi connectivity index (χ0n) is 17.2. The summed E-state index contributed by atoms with van der Waals surface area (Å²) < 4.78 is 48.6. The Hall–Kier alpha value is -2.78. The highest BCUT2D eigenvalue weighted by Gasteiger charge is 2.31. The molecule has 0 aliphatic heterocycles. The number of benzene rings is 1. The fourth-order valence-electron chi connectivity index (χ4n) is 2.31. The molecule has 0 saturated carbocycles. The minimum Gasteiger partial charge on any atom is -0.481 e. The van der Waals surface area contributed by atoms with Crippen LogP contribution in [-0.2, 0) is 31.7 Å². The Morgan fingerprint density at radius 3 is 2.23 bits per heavy atom. The van der Waals surface area contributed by atoms with Gasteiger partial charge >= 0.3 is 24.2 Å². The van der Waals surface area contributed by atoms with Gasteiger partial charge in [0, 0.05) is 12.5 Å². The standard InChI is InChI=1S/C20H26F3NO6/c1-11(2)17(27)29-18(12(3)4)30-19(28)24-10-14(16(25)26)8-13-6-5-7-15(9-13)20(21,22)23/h5-7,9,11-12,14,18H,8,10H2,1-4H3,(H,24,28)(H,25,26)/t14-,18+/m0/s1. The van der Waals surface area contributed by atoms with Gasteiger partial charge in [-0.3, -0.25) is 9.59 Å². The Morgan fingerprint density at radius 1 is 1.10 bits per heavy atom. The minimum atomic E-state index is -4.55. The minimum absolute atomic E-state index is 0.165. The van der Waals surface area contributed by atoms with Crippen LogP contribution >= 0.6 is 0 Å². The number of nitrogens with one attached hydrogen (secondary N) is 1. The van der Waals surface area contributed by atoms with E-state index in [1.54, 1.807) is 27.7 Å². The van der Waals surface area contributed by atoms with Gasteiger partial charge in [-0.2, -0.15) is 13.2 Å². The van der Waals surface area contributed by atoms with Crippen molar-refractivity contribution in [1.29, 1.82) is 0 Å². The summed E-state index contributed by atoms with van der Waals surface area (Å²) in [5.41, 5.74) is -0.721. The van der Waals surface area contributed by atoms with E-state index in [1.807, 2.05) is 0 Å². The number of halogens is 3. The molecule has 1 aromatic carbocycles. The Morgan fingerprint density at radius 2 is 1.73 bits per heavy atom. The molecule has 2 atom stereocenters. The summed E-state index contributed by atoms with van der Waals surface area (Å²) in [4.78, 5) is 35.2. The van der Waals surface area contributed by atoms with E-state index in [9.17, 15) is 32.7 Å². The third-order valence-electron chi connectivity index (χ3n) is 4.05. The highest BCUT2D eigenvalue weighted by Crippen LogP contribution is 2.30. The van der Waals surface area contributed by atoms with E-state index in [4.69, 9.17) is 9.47 Å². The van der Waals surface area contributed by atoms with Gasteiger partial charge in [0.2, 0.25) is 0 Å². The van der Waals surface area contributed by atoms with Crippen molar-refractivity contribution in [3.63, 3.8) is 0 Å². The van der Waals surface area contributed by atoms with E-state index >= 15 is 0 Å². The lowest BCUT2D eigenvalue weighted by molar-refractivity contribution is -0.178. The summed E-state index contributed by atoms with van der Waals surface area (Å²) in [5, 5.41) is 11.6. The summed E-state index contributed by atoms with van der Waals surface area (Å²) in [6.07, 6.45) is -6.93. The molecular weight excluding hydrogens is 407 g/mol. The number of carbonyl (C=O) groups excluding carboxylic acids is 2. The van der Waals surface area contributed by atoms with Crippen LogP contribution in [0.3, 0.4) is 0 Å². The molecule has 168 valence electrons. The maximum Gasteiger partial charge on any atom is 0.416 e. The molecule has 10 heteroatoms. The summed E-state index contributed by atoms with van der Waals surface area (Å²) in [6.45, 7) is 6.18. The third kappa shape index (κ3) is 8.30. The highest BCUT2D eigenvalue weighted by molar-refractivity contribution is 5.73. The van der Waals surface area contributed by atoms with Crippen molar-refractivity contribution in [2.45, 2.75) is 46.6 Å². The molecule has 0 aromatic heterocycles. The van der Waals surface area contributed by atoms with E-state index in [1.165, 1.54) is 12.1 Å². The maximum absolute atomic E-state index is 12.8. The largest absolute Gasteiger partial charge is 0.481 e. The fourth-order valence-corrected chi connectivity index (χ4v) is 2.31. The van der Waals surface area contributed by atoms with Crippen LogP contribution in [0.25, 0.3) is 0 Å². The van der Waals surface area contributed by atoms with Gasteiger partial charge in [0.25, 0.3) is 6.29 Å². The average Bonchev–Trinajstić information content (AvgIpc) is 2.63. The number of carboxylic acids is 1. The molecule has 7 nitrogen and oxygen atoms in total. The van der Waals surface area contributed by atoms with Crippen LogP contribution in [0.15, 0.2) is 24.3 Å². The Labute approximate surface area is 172 Å². The molecule has 0 unspecified atom stereocenters. The Kier molecular flexibility index (Phi) is 9.13. The van der Waals surface area contributed by atoms with E-state index in [0.29, 0.717) is 0 Å². The molecule has 0 radical (unpaired) electrons. The van der Waals surface area contributed by atoms with Gasteiger partial charge < -0.3 is 19.9 Å². The number of alkyl halides is 3. The molecule has 0 bridgehead atoms. The van der Waals surface area contributed by atoms with Crippen molar-refractivity contribution in [1.82, 2.24) is 5.32 Å². The quantitative estimate of drug-likeness (QED) is 0.453. The van der Waals surface area contributed by atoms with Crippen LogP contribution in [-0.4, -0.2) is 36.0 Å². The number of aliphatic carboxylic acids is 1. The van der Waals surface area contributed by atoms with Crippen molar-refractivity contribution in [2.75, 3.05) is 6.54 Å². The molecule has 1 aromatic rings. The van der Waals surface area contributed by atoms with Crippen LogP contribution in [0.2, 0.25) is 0 Å². The molecule has 0 fully saturated rings. The molecule has 0 aliphatic rings. The first-order chi connectivity index (χ1) is 13.8. The predicted molar refractivity (Wildman–Crippen MR) is 100 cm³/mol.